The number of amides is 1. The molecule has 2 aromatic carbocycles. The summed E-state index contributed by atoms with van der Waals surface area (Å²) in [5.41, 5.74) is 10.7. The number of rotatable bonds is 6. The Morgan fingerprint density at radius 3 is 2.61 bits per heavy atom. The van der Waals surface area contributed by atoms with Crippen molar-refractivity contribution in [1.82, 2.24) is 9.88 Å². The first-order chi connectivity index (χ1) is 16.1. The Labute approximate surface area is 198 Å². The van der Waals surface area contributed by atoms with Crippen LogP contribution < -0.4 is 5.73 Å². The van der Waals surface area contributed by atoms with Gasteiger partial charge in [-0.25, -0.2) is 0 Å². The van der Waals surface area contributed by atoms with E-state index < -0.39 is 0 Å². The number of hydrogen-bond donors (Lipinski definition) is 1. The standard InChI is InChI=1S/C28H27N3OS/c29-27(32)22-6-1-2-8-23(22)28(11-12-28)24-16-19(17-25-21(24)7-5-13-30-25)26-10-9-20(33-26)18-31-14-3-4-15-31/h1-2,5-10,13,16-17H,3-4,11-12,14-15,18H2,(H2,29,32). The van der Waals surface area contributed by atoms with E-state index in [4.69, 9.17) is 10.7 Å². The monoisotopic (exact) mass is 453 g/mol. The number of hydrogen-bond acceptors (Lipinski definition) is 4. The number of carbonyl (C=O) groups excluding carboxylic acids is 1. The highest BCUT2D eigenvalue weighted by Gasteiger charge is 2.48. The molecule has 1 saturated heterocycles. The zero-order valence-electron chi connectivity index (χ0n) is 18.6. The molecule has 5 heteroatoms. The number of fused-ring (bicyclic) bond motifs is 1. The fourth-order valence-electron chi connectivity index (χ4n) is 5.42. The molecule has 2 fully saturated rings. The smallest absolute Gasteiger partial charge is 0.249 e. The van der Waals surface area contributed by atoms with E-state index in [1.165, 1.54) is 46.8 Å². The van der Waals surface area contributed by atoms with Gasteiger partial charge in [0.25, 0.3) is 0 Å². The Bertz CT molecular complexity index is 1350. The molecule has 2 aromatic heterocycles. The molecule has 2 aliphatic rings. The second kappa shape index (κ2) is 8.08. The van der Waals surface area contributed by atoms with E-state index in [9.17, 15) is 4.79 Å². The Hall–Kier alpha value is -3.02. The Kier molecular flexibility index (Phi) is 5.04. The van der Waals surface area contributed by atoms with Crippen LogP contribution in [0.15, 0.2) is 66.9 Å². The summed E-state index contributed by atoms with van der Waals surface area (Å²) in [6, 6.07) is 21.0. The van der Waals surface area contributed by atoms with Crippen LogP contribution >= 0.6 is 11.3 Å². The second-order valence-electron chi connectivity index (χ2n) is 9.34. The average molecular weight is 454 g/mol. The minimum Gasteiger partial charge on any atom is -0.366 e. The van der Waals surface area contributed by atoms with Crippen LogP contribution in [-0.4, -0.2) is 28.9 Å². The van der Waals surface area contributed by atoms with Crippen molar-refractivity contribution in [3.05, 3.63) is 88.4 Å². The van der Waals surface area contributed by atoms with Gasteiger partial charge >= 0.3 is 0 Å². The summed E-state index contributed by atoms with van der Waals surface area (Å²) in [5.74, 6) is -0.361. The van der Waals surface area contributed by atoms with Crippen LogP contribution in [0.3, 0.4) is 0 Å². The van der Waals surface area contributed by atoms with E-state index in [0.29, 0.717) is 5.56 Å². The van der Waals surface area contributed by atoms with Crippen LogP contribution in [0.4, 0.5) is 0 Å². The lowest BCUT2D eigenvalue weighted by Gasteiger charge is -2.22. The molecule has 0 radical (unpaired) electrons. The first-order valence-electron chi connectivity index (χ1n) is 11.7. The molecule has 0 unspecified atom stereocenters. The van der Waals surface area contributed by atoms with E-state index in [0.717, 1.165) is 35.9 Å². The van der Waals surface area contributed by atoms with Crippen molar-refractivity contribution in [2.24, 2.45) is 5.73 Å². The summed E-state index contributed by atoms with van der Waals surface area (Å²) in [6.45, 7) is 3.46. The normalized spacial score (nSPS) is 17.5. The fourth-order valence-corrected chi connectivity index (χ4v) is 6.46. The van der Waals surface area contributed by atoms with Gasteiger partial charge in [0, 0.05) is 38.9 Å². The molecular weight excluding hydrogens is 426 g/mol. The van der Waals surface area contributed by atoms with Crippen LogP contribution in [0.2, 0.25) is 0 Å². The maximum atomic E-state index is 12.2. The molecule has 1 aliphatic heterocycles. The summed E-state index contributed by atoms with van der Waals surface area (Å²) in [7, 11) is 0. The third-order valence-electron chi connectivity index (χ3n) is 7.22. The molecule has 0 bridgehead atoms. The van der Waals surface area contributed by atoms with E-state index >= 15 is 0 Å². The van der Waals surface area contributed by atoms with Gasteiger partial charge in [-0.3, -0.25) is 14.7 Å². The van der Waals surface area contributed by atoms with E-state index in [1.54, 1.807) is 0 Å². The number of likely N-dealkylation sites (tertiary alicyclic amines) is 1. The Morgan fingerprint density at radius 2 is 1.82 bits per heavy atom. The van der Waals surface area contributed by atoms with Crippen molar-refractivity contribution in [3.63, 3.8) is 0 Å². The quantitative estimate of drug-likeness (QED) is 0.405. The summed E-state index contributed by atoms with van der Waals surface area (Å²) in [6.07, 6.45) is 6.50. The van der Waals surface area contributed by atoms with Crippen LogP contribution in [0.5, 0.6) is 0 Å². The maximum Gasteiger partial charge on any atom is 0.249 e. The first kappa shape index (κ1) is 20.6. The summed E-state index contributed by atoms with van der Waals surface area (Å²) >= 11 is 1.88. The van der Waals surface area contributed by atoms with Gasteiger partial charge in [-0.15, -0.1) is 11.3 Å². The van der Waals surface area contributed by atoms with Gasteiger partial charge in [-0.05, 0) is 91.9 Å². The fraction of sp³-hybridized carbons (Fsp3) is 0.286. The molecule has 1 saturated carbocycles. The molecule has 6 rings (SSSR count). The SMILES string of the molecule is NC(=O)c1ccccc1C1(c2cc(-c3ccc(CN4CCCC4)s3)cc3ncccc23)CC1. The number of primary amides is 1. The van der Waals surface area contributed by atoms with Gasteiger partial charge in [0.05, 0.1) is 5.52 Å². The third-order valence-corrected chi connectivity index (χ3v) is 8.34. The van der Waals surface area contributed by atoms with Gasteiger partial charge in [0.15, 0.2) is 0 Å². The van der Waals surface area contributed by atoms with Crippen LogP contribution in [0.1, 0.15) is 52.0 Å². The van der Waals surface area contributed by atoms with E-state index in [2.05, 4.69) is 41.3 Å². The topological polar surface area (TPSA) is 59.2 Å². The zero-order valence-corrected chi connectivity index (χ0v) is 19.4. The third kappa shape index (κ3) is 3.65. The number of carbonyl (C=O) groups is 1. The van der Waals surface area contributed by atoms with Crippen molar-refractivity contribution in [2.45, 2.75) is 37.6 Å². The molecule has 1 amide bonds. The van der Waals surface area contributed by atoms with Crippen molar-refractivity contribution in [3.8, 4) is 10.4 Å². The zero-order chi connectivity index (χ0) is 22.4. The molecule has 2 N–H and O–H groups in total. The molecule has 0 spiro atoms. The van der Waals surface area contributed by atoms with Gasteiger partial charge in [-0.1, -0.05) is 24.3 Å². The molecule has 166 valence electrons. The molecule has 33 heavy (non-hydrogen) atoms. The second-order valence-corrected chi connectivity index (χ2v) is 10.5. The van der Waals surface area contributed by atoms with Gasteiger partial charge in [0.2, 0.25) is 5.91 Å². The number of thiophene rings is 1. The molecule has 3 heterocycles. The minimum atomic E-state index is -0.361. The highest BCUT2D eigenvalue weighted by atomic mass is 32.1. The van der Waals surface area contributed by atoms with Crippen LogP contribution in [0.25, 0.3) is 21.3 Å². The first-order valence-corrected chi connectivity index (χ1v) is 12.6. The van der Waals surface area contributed by atoms with Crippen LogP contribution in [-0.2, 0) is 12.0 Å². The van der Waals surface area contributed by atoms with E-state index in [-0.39, 0.29) is 11.3 Å². The maximum absolute atomic E-state index is 12.2. The van der Waals surface area contributed by atoms with Crippen LogP contribution in [0, 0.1) is 0 Å². The highest BCUT2D eigenvalue weighted by molar-refractivity contribution is 7.15. The lowest BCUT2D eigenvalue weighted by atomic mass is 9.82. The van der Waals surface area contributed by atoms with Crippen molar-refractivity contribution < 1.29 is 4.79 Å². The number of nitrogens with two attached hydrogens (primary N) is 1. The van der Waals surface area contributed by atoms with Gasteiger partial charge < -0.3 is 5.73 Å². The van der Waals surface area contributed by atoms with Crippen molar-refractivity contribution in [2.75, 3.05) is 13.1 Å². The minimum absolute atomic E-state index is 0.182. The highest BCUT2D eigenvalue weighted by Crippen LogP contribution is 2.56. The summed E-state index contributed by atoms with van der Waals surface area (Å²) in [4.78, 5) is 22.2. The largest absolute Gasteiger partial charge is 0.366 e. The lowest BCUT2D eigenvalue weighted by Crippen LogP contribution is -2.19. The molecule has 1 aliphatic carbocycles. The predicted molar refractivity (Wildman–Crippen MR) is 135 cm³/mol. The van der Waals surface area contributed by atoms with E-state index in [1.807, 2.05) is 41.8 Å². The Morgan fingerprint density at radius 1 is 1.00 bits per heavy atom. The molecule has 4 aromatic rings. The molecular formula is C28H27N3OS. The summed E-state index contributed by atoms with van der Waals surface area (Å²) < 4.78 is 0. The number of aromatic nitrogens is 1. The van der Waals surface area contributed by atoms with Gasteiger partial charge in [-0.2, -0.15) is 0 Å². The van der Waals surface area contributed by atoms with Crippen molar-refractivity contribution in [1.29, 1.82) is 0 Å². The number of nitrogens with zero attached hydrogens (tertiary/aromatic N) is 2. The molecule has 0 atom stereocenters. The van der Waals surface area contributed by atoms with Crippen molar-refractivity contribution >= 4 is 28.1 Å². The Balaban J connectivity index is 1.46. The predicted octanol–water partition coefficient (Wildman–Crippen LogP) is 5.74. The average Bonchev–Trinajstić information content (AvgIpc) is 3.23. The lowest BCUT2D eigenvalue weighted by molar-refractivity contribution is 0.0999. The molecule has 4 nitrogen and oxygen atoms in total. The summed E-state index contributed by atoms with van der Waals surface area (Å²) in [5, 5.41) is 1.16. The van der Waals surface area contributed by atoms with Gasteiger partial charge in [0.1, 0.15) is 0 Å². The number of benzene rings is 2. The number of pyridine rings is 1.